The van der Waals surface area contributed by atoms with Crippen molar-refractivity contribution in [3.63, 3.8) is 0 Å². The molecule has 3 N–H and O–H groups in total. The van der Waals surface area contributed by atoms with Crippen molar-refractivity contribution in [3.8, 4) is 0 Å². The molecule has 1 aliphatic rings. The highest BCUT2D eigenvalue weighted by Gasteiger charge is 2.35. The first kappa shape index (κ1) is 14.0. The van der Waals surface area contributed by atoms with Crippen LogP contribution in [0, 0.1) is 0 Å². The van der Waals surface area contributed by atoms with Crippen LogP contribution in [0.4, 0.5) is 5.82 Å². The smallest absolute Gasteiger partial charge is 0.245 e. The van der Waals surface area contributed by atoms with Crippen molar-refractivity contribution in [2.45, 2.75) is 44.2 Å². The fourth-order valence-electron chi connectivity index (χ4n) is 2.39. The Morgan fingerprint density at radius 1 is 1.53 bits per heavy atom. The molecule has 0 atom stereocenters. The Balaban J connectivity index is 1.92. The quantitative estimate of drug-likeness (QED) is 0.837. The fourth-order valence-corrected chi connectivity index (χ4v) is 2.39. The number of nitrogens with zero attached hydrogens (tertiary/aromatic N) is 2. The Morgan fingerprint density at radius 2 is 2.26 bits per heavy atom. The first-order valence-electron chi connectivity index (χ1n) is 6.77. The van der Waals surface area contributed by atoms with Gasteiger partial charge in [0.25, 0.3) is 0 Å². The van der Waals surface area contributed by atoms with E-state index in [-0.39, 0.29) is 5.91 Å². The molecule has 0 bridgehead atoms. The summed E-state index contributed by atoms with van der Waals surface area (Å²) in [6.07, 6.45) is 6.53. The minimum atomic E-state index is -0.728. The van der Waals surface area contributed by atoms with E-state index in [1.54, 1.807) is 17.9 Å². The van der Waals surface area contributed by atoms with E-state index in [0.717, 1.165) is 32.1 Å². The van der Waals surface area contributed by atoms with Crippen LogP contribution >= 0.6 is 0 Å². The first-order chi connectivity index (χ1) is 9.14. The first-order valence-corrected chi connectivity index (χ1v) is 6.77. The number of nitrogens with two attached hydrogens (primary N) is 1. The second-order valence-electron chi connectivity index (χ2n) is 5.13. The fraction of sp³-hybridized carbons (Fsp3) is 0.692. The van der Waals surface area contributed by atoms with Gasteiger partial charge in [0.05, 0.1) is 18.7 Å². The molecule has 1 fully saturated rings. The summed E-state index contributed by atoms with van der Waals surface area (Å²) in [5, 5.41) is 7.08. The van der Waals surface area contributed by atoms with Gasteiger partial charge < -0.3 is 15.8 Å². The number of carbonyl (C=O) groups excluding carboxylic acids is 1. The van der Waals surface area contributed by atoms with Crippen molar-refractivity contribution < 1.29 is 9.53 Å². The van der Waals surface area contributed by atoms with Gasteiger partial charge in [0.15, 0.2) is 5.82 Å². The lowest BCUT2D eigenvalue weighted by molar-refractivity contribution is -0.122. The number of nitrogens with one attached hydrogen (secondary N) is 1. The van der Waals surface area contributed by atoms with Crippen molar-refractivity contribution >= 4 is 11.7 Å². The molecule has 0 aromatic carbocycles. The molecule has 1 aromatic rings. The van der Waals surface area contributed by atoms with Crippen LogP contribution in [0.3, 0.4) is 0 Å². The topological polar surface area (TPSA) is 82.2 Å². The molecule has 6 nitrogen and oxygen atoms in total. The number of anilines is 1. The van der Waals surface area contributed by atoms with Crippen molar-refractivity contribution in [1.29, 1.82) is 0 Å². The summed E-state index contributed by atoms with van der Waals surface area (Å²) in [5.41, 5.74) is 5.44. The molecule has 1 amide bonds. The van der Waals surface area contributed by atoms with Crippen molar-refractivity contribution in [3.05, 3.63) is 12.3 Å². The average molecular weight is 266 g/mol. The maximum atomic E-state index is 12.2. The number of hydrogen-bond acceptors (Lipinski definition) is 4. The molecule has 1 aliphatic carbocycles. The Hall–Kier alpha value is -1.40. The van der Waals surface area contributed by atoms with Crippen molar-refractivity contribution in [1.82, 2.24) is 9.78 Å². The Labute approximate surface area is 113 Å². The van der Waals surface area contributed by atoms with E-state index in [1.807, 2.05) is 6.20 Å². The summed E-state index contributed by atoms with van der Waals surface area (Å²) in [5.74, 6) is 0.431. The molecule has 2 rings (SSSR count). The van der Waals surface area contributed by atoms with E-state index in [9.17, 15) is 4.79 Å². The standard InChI is InChI=1S/C13H22N4O2/c1-19-10-9-17-8-5-11(16-17)15-12(18)13(14)6-3-2-4-7-13/h5,8H,2-4,6-7,9-10,14H2,1H3,(H,15,16,18). The van der Waals surface area contributed by atoms with Gasteiger partial charge in [0.2, 0.25) is 5.91 Å². The van der Waals surface area contributed by atoms with E-state index in [2.05, 4.69) is 10.4 Å². The zero-order valence-corrected chi connectivity index (χ0v) is 11.4. The molecule has 0 aliphatic heterocycles. The van der Waals surface area contributed by atoms with Gasteiger partial charge in [-0.1, -0.05) is 19.3 Å². The largest absolute Gasteiger partial charge is 0.383 e. The van der Waals surface area contributed by atoms with E-state index < -0.39 is 5.54 Å². The monoisotopic (exact) mass is 266 g/mol. The normalized spacial score (nSPS) is 18.2. The maximum Gasteiger partial charge on any atom is 0.245 e. The van der Waals surface area contributed by atoms with Crippen LogP contribution in [0.2, 0.25) is 0 Å². The highest BCUT2D eigenvalue weighted by atomic mass is 16.5. The molecular weight excluding hydrogens is 244 g/mol. The van der Waals surface area contributed by atoms with Crippen LogP contribution in [0.5, 0.6) is 0 Å². The number of carbonyl (C=O) groups is 1. The Morgan fingerprint density at radius 3 is 2.95 bits per heavy atom. The third-order valence-electron chi connectivity index (χ3n) is 3.60. The van der Waals surface area contributed by atoms with E-state index in [0.29, 0.717) is 19.0 Å². The van der Waals surface area contributed by atoms with Gasteiger partial charge in [-0.25, -0.2) is 0 Å². The lowest BCUT2D eigenvalue weighted by Crippen LogP contribution is -2.52. The van der Waals surface area contributed by atoms with Gasteiger partial charge in [0.1, 0.15) is 0 Å². The van der Waals surface area contributed by atoms with Crippen LogP contribution in [-0.2, 0) is 16.1 Å². The number of rotatable bonds is 5. The molecule has 1 aromatic heterocycles. The molecule has 0 saturated heterocycles. The minimum absolute atomic E-state index is 0.121. The number of methoxy groups -OCH3 is 1. The maximum absolute atomic E-state index is 12.2. The van der Waals surface area contributed by atoms with Gasteiger partial charge in [0, 0.05) is 19.4 Å². The summed E-state index contributed by atoms with van der Waals surface area (Å²) in [7, 11) is 1.65. The van der Waals surface area contributed by atoms with Crippen LogP contribution in [0.25, 0.3) is 0 Å². The second-order valence-corrected chi connectivity index (χ2v) is 5.13. The van der Waals surface area contributed by atoms with Gasteiger partial charge >= 0.3 is 0 Å². The van der Waals surface area contributed by atoms with E-state index >= 15 is 0 Å². The third-order valence-corrected chi connectivity index (χ3v) is 3.60. The average Bonchev–Trinajstić information content (AvgIpc) is 2.85. The Kier molecular flexibility index (Phi) is 4.55. The van der Waals surface area contributed by atoms with Crippen LogP contribution in [-0.4, -0.2) is 34.9 Å². The second kappa shape index (κ2) is 6.16. The lowest BCUT2D eigenvalue weighted by Gasteiger charge is -2.31. The highest BCUT2D eigenvalue weighted by Crippen LogP contribution is 2.26. The zero-order valence-electron chi connectivity index (χ0n) is 11.4. The van der Waals surface area contributed by atoms with Gasteiger partial charge in [-0.3, -0.25) is 9.48 Å². The molecule has 1 saturated carbocycles. The molecule has 19 heavy (non-hydrogen) atoms. The van der Waals surface area contributed by atoms with Gasteiger partial charge in [-0.05, 0) is 12.8 Å². The van der Waals surface area contributed by atoms with Gasteiger partial charge in [-0.15, -0.1) is 0 Å². The summed E-state index contributed by atoms with van der Waals surface area (Å²) in [6, 6.07) is 1.78. The lowest BCUT2D eigenvalue weighted by atomic mass is 9.82. The molecule has 1 heterocycles. The van der Waals surface area contributed by atoms with Crippen LogP contribution in [0.1, 0.15) is 32.1 Å². The van der Waals surface area contributed by atoms with Crippen molar-refractivity contribution in [2.24, 2.45) is 5.73 Å². The SMILES string of the molecule is COCCn1ccc(NC(=O)C2(N)CCCCC2)n1. The van der Waals surface area contributed by atoms with Gasteiger partial charge in [-0.2, -0.15) is 5.10 Å². The number of aromatic nitrogens is 2. The van der Waals surface area contributed by atoms with E-state index in [4.69, 9.17) is 10.5 Å². The summed E-state index contributed by atoms with van der Waals surface area (Å²) in [4.78, 5) is 12.2. The van der Waals surface area contributed by atoms with E-state index in [1.165, 1.54) is 0 Å². The molecule has 6 heteroatoms. The van der Waals surface area contributed by atoms with Crippen molar-refractivity contribution in [2.75, 3.05) is 19.0 Å². The van der Waals surface area contributed by atoms with Crippen LogP contribution in [0.15, 0.2) is 12.3 Å². The number of hydrogen-bond donors (Lipinski definition) is 2. The summed E-state index contributed by atoms with van der Waals surface area (Å²) < 4.78 is 6.72. The summed E-state index contributed by atoms with van der Waals surface area (Å²) in [6.45, 7) is 1.26. The van der Waals surface area contributed by atoms with Crippen LogP contribution < -0.4 is 11.1 Å². The Bertz CT molecular complexity index is 424. The summed E-state index contributed by atoms with van der Waals surface area (Å²) >= 11 is 0. The third kappa shape index (κ3) is 3.54. The molecular formula is C13H22N4O2. The number of amides is 1. The highest BCUT2D eigenvalue weighted by molar-refractivity contribution is 5.97. The minimum Gasteiger partial charge on any atom is -0.383 e. The zero-order chi connectivity index (χ0) is 13.7. The molecule has 106 valence electrons. The molecule has 0 spiro atoms. The molecule has 0 unspecified atom stereocenters. The predicted molar refractivity (Wildman–Crippen MR) is 72.7 cm³/mol. The molecule has 0 radical (unpaired) electrons. The predicted octanol–water partition coefficient (Wildman–Crippen LogP) is 1.13. The number of ether oxygens (including phenoxy) is 1.